The summed E-state index contributed by atoms with van der Waals surface area (Å²) >= 11 is 0. The average Bonchev–Trinajstić information content (AvgIpc) is 3.32. The third-order valence-electron chi connectivity index (χ3n) is 4.62. The van der Waals surface area contributed by atoms with Gasteiger partial charge in [-0.3, -0.25) is 0 Å². The van der Waals surface area contributed by atoms with Gasteiger partial charge in [0.1, 0.15) is 18.4 Å². The van der Waals surface area contributed by atoms with Crippen LogP contribution >= 0.6 is 0 Å². The second-order valence-electron chi connectivity index (χ2n) is 6.27. The minimum Gasteiger partial charge on any atom is -0.508 e. The van der Waals surface area contributed by atoms with Crippen LogP contribution in [0.2, 0.25) is 0 Å². The molecular formula is C19H19N5O2. The number of phenolic OH excluding ortho intramolecular Hbond substituents is 1. The van der Waals surface area contributed by atoms with Crippen molar-refractivity contribution in [2.45, 2.75) is 25.4 Å². The Balaban J connectivity index is 1.33. The molecule has 0 spiro atoms. The Kier molecular flexibility index (Phi) is 4.27. The minimum absolute atomic E-state index is 0.0632. The summed E-state index contributed by atoms with van der Waals surface area (Å²) in [4.78, 5) is 16.1. The molecule has 0 bridgehead atoms. The minimum atomic E-state index is -0.216. The van der Waals surface area contributed by atoms with Gasteiger partial charge in [-0.15, -0.1) is 0 Å². The van der Waals surface area contributed by atoms with E-state index in [9.17, 15) is 9.90 Å². The molecule has 3 N–H and O–H groups in total. The Bertz CT molecular complexity index is 906. The van der Waals surface area contributed by atoms with Gasteiger partial charge in [-0.25, -0.2) is 14.5 Å². The topological polar surface area (TPSA) is 92.1 Å². The van der Waals surface area contributed by atoms with Gasteiger partial charge >= 0.3 is 6.03 Å². The highest BCUT2D eigenvalue weighted by Crippen LogP contribution is 2.36. The lowest BCUT2D eigenvalue weighted by molar-refractivity contribution is 0.236. The number of hydrogen-bond acceptors (Lipinski definition) is 4. The summed E-state index contributed by atoms with van der Waals surface area (Å²) in [5.74, 6) is 0.305. The second-order valence-corrected chi connectivity index (χ2v) is 6.27. The Morgan fingerprint density at radius 2 is 2.08 bits per heavy atom. The number of nitrogens with zero attached hydrogens (tertiary/aromatic N) is 3. The molecule has 1 aliphatic rings. The molecule has 0 aliphatic heterocycles. The first-order chi connectivity index (χ1) is 12.7. The van der Waals surface area contributed by atoms with E-state index in [0.717, 1.165) is 35.2 Å². The van der Waals surface area contributed by atoms with Crippen LogP contribution in [0.15, 0.2) is 55.1 Å². The molecule has 0 saturated carbocycles. The molecular weight excluding hydrogens is 330 g/mol. The maximum Gasteiger partial charge on any atom is 0.315 e. The van der Waals surface area contributed by atoms with Crippen molar-refractivity contribution in [3.8, 4) is 11.4 Å². The van der Waals surface area contributed by atoms with E-state index in [0.29, 0.717) is 12.3 Å². The largest absolute Gasteiger partial charge is 0.508 e. The fourth-order valence-electron chi connectivity index (χ4n) is 3.28. The average molecular weight is 349 g/mol. The van der Waals surface area contributed by atoms with Crippen LogP contribution in [0.4, 0.5) is 4.79 Å². The molecule has 7 heteroatoms. The summed E-state index contributed by atoms with van der Waals surface area (Å²) in [5, 5.41) is 19.8. The maximum absolute atomic E-state index is 12.2. The van der Waals surface area contributed by atoms with Gasteiger partial charge in [0.2, 0.25) is 0 Å². The van der Waals surface area contributed by atoms with Crippen LogP contribution in [0.5, 0.6) is 5.75 Å². The molecule has 7 nitrogen and oxygen atoms in total. The first kappa shape index (κ1) is 16.1. The van der Waals surface area contributed by atoms with Gasteiger partial charge < -0.3 is 15.7 Å². The number of aromatic hydroxyl groups is 1. The van der Waals surface area contributed by atoms with Gasteiger partial charge in [0, 0.05) is 6.54 Å². The zero-order chi connectivity index (χ0) is 17.9. The van der Waals surface area contributed by atoms with E-state index in [1.165, 1.54) is 6.33 Å². The Morgan fingerprint density at radius 3 is 2.85 bits per heavy atom. The number of phenols is 1. The van der Waals surface area contributed by atoms with Gasteiger partial charge in [-0.1, -0.05) is 24.3 Å². The van der Waals surface area contributed by atoms with Crippen LogP contribution in [0.3, 0.4) is 0 Å². The zero-order valence-electron chi connectivity index (χ0n) is 14.1. The van der Waals surface area contributed by atoms with Crippen molar-refractivity contribution in [1.82, 2.24) is 25.4 Å². The Morgan fingerprint density at radius 1 is 1.23 bits per heavy atom. The lowest BCUT2D eigenvalue weighted by Crippen LogP contribution is -2.36. The van der Waals surface area contributed by atoms with Crippen LogP contribution in [-0.4, -0.2) is 25.9 Å². The first-order valence-electron chi connectivity index (χ1n) is 8.50. The number of benzene rings is 2. The summed E-state index contributed by atoms with van der Waals surface area (Å²) in [6.45, 7) is 0.434. The van der Waals surface area contributed by atoms with E-state index < -0.39 is 0 Å². The lowest BCUT2D eigenvalue weighted by Gasteiger charge is -2.15. The van der Waals surface area contributed by atoms with Gasteiger partial charge in [-0.05, 0) is 47.7 Å². The normalized spacial score (nSPS) is 15.5. The highest BCUT2D eigenvalue weighted by Gasteiger charge is 2.25. The van der Waals surface area contributed by atoms with Gasteiger partial charge in [0.05, 0.1) is 11.7 Å². The molecule has 0 saturated heterocycles. The molecule has 0 fully saturated rings. The molecule has 132 valence electrons. The molecule has 2 amide bonds. The molecule has 1 aromatic heterocycles. The van der Waals surface area contributed by atoms with Gasteiger partial charge in [-0.2, -0.15) is 5.10 Å². The predicted octanol–water partition coefficient (Wildman–Crippen LogP) is 2.46. The van der Waals surface area contributed by atoms with E-state index in [4.69, 9.17) is 0 Å². The number of nitrogens with one attached hydrogen (secondary N) is 2. The van der Waals surface area contributed by atoms with E-state index >= 15 is 0 Å². The third kappa shape index (κ3) is 3.23. The summed E-state index contributed by atoms with van der Waals surface area (Å²) in [7, 11) is 0. The van der Waals surface area contributed by atoms with E-state index in [2.05, 4.69) is 20.7 Å². The summed E-state index contributed by atoms with van der Waals surface area (Å²) < 4.78 is 1.68. The van der Waals surface area contributed by atoms with Crippen LogP contribution in [0, 0.1) is 0 Å². The first-order valence-corrected chi connectivity index (χ1v) is 8.50. The summed E-state index contributed by atoms with van der Waals surface area (Å²) in [6.07, 6.45) is 4.70. The smallest absolute Gasteiger partial charge is 0.315 e. The molecule has 1 atom stereocenters. The van der Waals surface area contributed by atoms with Crippen LogP contribution in [-0.2, 0) is 13.0 Å². The van der Waals surface area contributed by atoms with Crippen molar-refractivity contribution in [1.29, 1.82) is 0 Å². The van der Waals surface area contributed by atoms with Crippen molar-refractivity contribution in [2.24, 2.45) is 0 Å². The molecule has 1 heterocycles. The molecule has 1 unspecified atom stereocenters. The van der Waals surface area contributed by atoms with Gasteiger partial charge in [0.15, 0.2) is 0 Å². The lowest BCUT2D eigenvalue weighted by atomic mass is 10.1. The van der Waals surface area contributed by atoms with E-state index in [-0.39, 0.29) is 12.1 Å². The number of rotatable bonds is 4. The van der Waals surface area contributed by atoms with Crippen LogP contribution in [0.25, 0.3) is 5.69 Å². The van der Waals surface area contributed by atoms with Crippen molar-refractivity contribution in [3.63, 3.8) is 0 Å². The predicted molar refractivity (Wildman–Crippen MR) is 95.9 cm³/mol. The van der Waals surface area contributed by atoms with E-state index in [1.807, 2.05) is 36.4 Å². The standard InChI is InChI=1S/C19H19N5O2/c25-18-3-1-2-15-16(18)8-9-17(15)23-19(26)21-10-13-4-6-14(7-5-13)24-12-20-11-22-24/h1-7,11-12,17,25H,8-10H2,(H2,21,23,26). The molecule has 1 aliphatic carbocycles. The van der Waals surface area contributed by atoms with Crippen molar-refractivity contribution < 1.29 is 9.90 Å². The van der Waals surface area contributed by atoms with Crippen molar-refractivity contribution >= 4 is 6.03 Å². The highest BCUT2D eigenvalue weighted by molar-refractivity contribution is 5.74. The van der Waals surface area contributed by atoms with Crippen molar-refractivity contribution in [3.05, 3.63) is 71.8 Å². The third-order valence-corrected chi connectivity index (χ3v) is 4.62. The number of amides is 2. The number of carbonyl (C=O) groups is 1. The number of urea groups is 1. The summed E-state index contributed by atoms with van der Waals surface area (Å²) in [6, 6.07) is 12.9. The quantitative estimate of drug-likeness (QED) is 0.675. The summed E-state index contributed by atoms with van der Waals surface area (Å²) in [5.41, 5.74) is 3.84. The highest BCUT2D eigenvalue weighted by atomic mass is 16.3. The van der Waals surface area contributed by atoms with Gasteiger partial charge in [0.25, 0.3) is 0 Å². The molecule has 26 heavy (non-hydrogen) atoms. The van der Waals surface area contributed by atoms with E-state index in [1.54, 1.807) is 17.1 Å². The molecule has 0 radical (unpaired) electrons. The fraction of sp³-hybridized carbons (Fsp3) is 0.211. The number of hydrogen-bond donors (Lipinski definition) is 3. The number of aromatic nitrogens is 3. The number of fused-ring (bicyclic) bond motifs is 1. The SMILES string of the molecule is O=C(NCc1ccc(-n2cncn2)cc1)NC1CCc2c(O)cccc21. The maximum atomic E-state index is 12.2. The number of carbonyl (C=O) groups excluding carboxylic acids is 1. The monoisotopic (exact) mass is 349 g/mol. The molecule has 3 aromatic rings. The zero-order valence-corrected chi connectivity index (χ0v) is 14.1. The molecule has 4 rings (SSSR count). The Labute approximate surface area is 150 Å². The van der Waals surface area contributed by atoms with Crippen LogP contribution < -0.4 is 10.6 Å². The fourth-order valence-corrected chi connectivity index (χ4v) is 3.28. The second kappa shape index (κ2) is 6.87. The Hall–Kier alpha value is -3.35. The van der Waals surface area contributed by atoms with Crippen molar-refractivity contribution in [2.75, 3.05) is 0 Å². The molecule has 2 aromatic carbocycles. The van der Waals surface area contributed by atoms with Crippen LogP contribution in [0.1, 0.15) is 29.2 Å².